The highest BCUT2D eigenvalue weighted by Gasteiger charge is 2.17. The molecule has 4 nitrogen and oxygen atoms in total. The van der Waals surface area contributed by atoms with Crippen molar-refractivity contribution in [2.45, 2.75) is 19.8 Å². The SMILES string of the molecule is Cc1c(CCc2ccccc2)ccc2c(=O)cc(N3CCOCC3)oc12. The van der Waals surface area contributed by atoms with E-state index in [2.05, 4.69) is 42.2 Å². The minimum Gasteiger partial charge on any atom is -0.440 e. The van der Waals surface area contributed by atoms with Gasteiger partial charge >= 0.3 is 0 Å². The van der Waals surface area contributed by atoms with Gasteiger partial charge in [0.05, 0.1) is 18.6 Å². The lowest BCUT2D eigenvalue weighted by Crippen LogP contribution is -2.36. The zero-order valence-corrected chi connectivity index (χ0v) is 15.0. The molecule has 1 aliphatic rings. The summed E-state index contributed by atoms with van der Waals surface area (Å²) < 4.78 is 11.6. The van der Waals surface area contributed by atoms with Gasteiger partial charge in [0.25, 0.3) is 0 Å². The summed E-state index contributed by atoms with van der Waals surface area (Å²) in [5.41, 5.74) is 4.33. The highest BCUT2D eigenvalue weighted by molar-refractivity contribution is 5.81. The van der Waals surface area contributed by atoms with Crippen molar-refractivity contribution in [2.75, 3.05) is 31.2 Å². The number of morpholine rings is 1. The van der Waals surface area contributed by atoms with E-state index in [-0.39, 0.29) is 5.43 Å². The number of hydrogen-bond acceptors (Lipinski definition) is 4. The number of hydrogen-bond donors (Lipinski definition) is 0. The van der Waals surface area contributed by atoms with E-state index >= 15 is 0 Å². The van der Waals surface area contributed by atoms with Gasteiger partial charge in [-0.05, 0) is 42.5 Å². The van der Waals surface area contributed by atoms with E-state index in [0.717, 1.165) is 31.5 Å². The summed E-state index contributed by atoms with van der Waals surface area (Å²) in [6, 6.07) is 16.0. The second kappa shape index (κ2) is 7.34. The van der Waals surface area contributed by atoms with Gasteiger partial charge in [-0.25, -0.2) is 0 Å². The number of rotatable bonds is 4. The van der Waals surface area contributed by atoms with Crippen molar-refractivity contribution >= 4 is 16.9 Å². The Balaban J connectivity index is 1.67. The lowest BCUT2D eigenvalue weighted by atomic mass is 9.98. The molecule has 2 heterocycles. The fourth-order valence-electron chi connectivity index (χ4n) is 3.52. The number of ether oxygens (including phenoxy) is 1. The second-order valence-electron chi connectivity index (χ2n) is 6.76. The number of aryl methyl sites for hydroxylation is 3. The van der Waals surface area contributed by atoms with Crippen LogP contribution in [0.2, 0.25) is 0 Å². The van der Waals surface area contributed by atoms with Crippen LogP contribution in [-0.2, 0) is 17.6 Å². The Bertz CT molecular complexity index is 956. The number of benzene rings is 2. The Morgan fingerprint density at radius 1 is 1.00 bits per heavy atom. The van der Waals surface area contributed by atoms with Crippen LogP contribution in [0.4, 0.5) is 5.88 Å². The van der Waals surface area contributed by atoms with E-state index in [1.54, 1.807) is 6.07 Å². The summed E-state index contributed by atoms with van der Waals surface area (Å²) in [6.07, 6.45) is 1.90. The second-order valence-corrected chi connectivity index (χ2v) is 6.76. The first-order valence-corrected chi connectivity index (χ1v) is 9.15. The Morgan fingerprint density at radius 2 is 1.77 bits per heavy atom. The summed E-state index contributed by atoms with van der Waals surface area (Å²) in [7, 11) is 0. The van der Waals surface area contributed by atoms with Crippen LogP contribution in [0.25, 0.3) is 11.0 Å². The van der Waals surface area contributed by atoms with Crippen molar-refractivity contribution in [3.63, 3.8) is 0 Å². The summed E-state index contributed by atoms with van der Waals surface area (Å²) in [5, 5.41) is 0.656. The van der Waals surface area contributed by atoms with Crippen molar-refractivity contribution < 1.29 is 9.15 Å². The van der Waals surface area contributed by atoms with Gasteiger partial charge in [-0.3, -0.25) is 4.79 Å². The Kier molecular flexibility index (Phi) is 4.76. The Morgan fingerprint density at radius 3 is 2.54 bits per heavy atom. The standard InChI is InChI=1S/C22H23NO3/c1-16-18(8-7-17-5-3-2-4-6-17)9-10-19-20(24)15-21(26-22(16)19)23-11-13-25-14-12-23/h2-6,9-10,15H,7-8,11-14H2,1H3. The topological polar surface area (TPSA) is 42.7 Å². The van der Waals surface area contributed by atoms with Crippen molar-refractivity contribution in [1.29, 1.82) is 0 Å². The minimum atomic E-state index is 0.0189. The van der Waals surface area contributed by atoms with Gasteiger partial charge in [-0.1, -0.05) is 36.4 Å². The van der Waals surface area contributed by atoms with Crippen molar-refractivity contribution in [3.8, 4) is 0 Å². The van der Waals surface area contributed by atoms with Crippen molar-refractivity contribution in [2.24, 2.45) is 0 Å². The van der Waals surface area contributed by atoms with Gasteiger partial charge in [0.15, 0.2) is 11.3 Å². The summed E-state index contributed by atoms with van der Waals surface area (Å²) >= 11 is 0. The molecule has 1 aromatic heterocycles. The van der Waals surface area contributed by atoms with Crippen LogP contribution in [0.3, 0.4) is 0 Å². The molecule has 0 bridgehead atoms. The quantitative estimate of drug-likeness (QED) is 0.720. The fourth-order valence-corrected chi connectivity index (χ4v) is 3.52. The third kappa shape index (κ3) is 3.37. The minimum absolute atomic E-state index is 0.0189. The van der Waals surface area contributed by atoms with Gasteiger partial charge < -0.3 is 14.1 Å². The van der Waals surface area contributed by atoms with Crippen LogP contribution in [-0.4, -0.2) is 26.3 Å². The van der Waals surface area contributed by atoms with Gasteiger partial charge in [0.1, 0.15) is 5.58 Å². The Labute approximate surface area is 153 Å². The lowest BCUT2D eigenvalue weighted by Gasteiger charge is -2.27. The number of nitrogens with zero attached hydrogens (tertiary/aromatic N) is 1. The van der Waals surface area contributed by atoms with E-state index in [9.17, 15) is 4.79 Å². The third-order valence-electron chi connectivity index (χ3n) is 5.09. The van der Waals surface area contributed by atoms with Crippen LogP contribution in [0.15, 0.2) is 57.7 Å². The van der Waals surface area contributed by atoms with Gasteiger partial charge in [-0.2, -0.15) is 0 Å². The van der Waals surface area contributed by atoms with Crippen LogP contribution in [0.1, 0.15) is 16.7 Å². The molecule has 4 heteroatoms. The first kappa shape index (κ1) is 16.9. The molecule has 1 fully saturated rings. The smallest absolute Gasteiger partial charge is 0.200 e. The highest BCUT2D eigenvalue weighted by Crippen LogP contribution is 2.25. The first-order chi connectivity index (χ1) is 12.7. The van der Waals surface area contributed by atoms with E-state index in [1.165, 1.54) is 11.1 Å². The van der Waals surface area contributed by atoms with Crippen LogP contribution in [0, 0.1) is 6.92 Å². The highest BCUT2D eigenvalue weighted by atomic mass is 16.5. The maximum absolute atomic E-state index is 12.6. The molecule has 2 aromatic carbocycles. The van der Waals surface area contributed by atoms with Crippen molar-refractivity contribution in [3.05, 3.63) is 75.4 Å². The van der Waals surface area contributed by atoms with Crippen LogP contribution in [0.5, 0.6) is 0 Å². The molecule has 26 heavy (non-hydrogen) atoms. The summed E-state index contributed by atoms with van der Waals surface area (Å²) in [5.74, 6) is 0.647. The third-order valence-corrected chi connectivity index (χ3v) is 5.09. The van der Waals surface area contributed by atoms with Gasteiger partial charge in [-0.15, -0.1) is 0 Å². The average Bonchev–Trinajstić information content (AvgIpc) is 2.69. The zero-order valence-electron chi connectivity index (χ0n) is 15.0. The van der Waals surface area contributed by atoms with E-state index < -0.39 is 0 Å². The van der Waals surface area contributed by atoms with E-state index in [1.807, 2.05) is 12.1 Å². The fraction of sp³-hybridized carbons (Fsp3) is 0.318. The van der Waals surface area contributed by atoms with Gasteiger partial charge in [0, 0.05) is 19.2 Å². The normalized spacial score (nSPS) is 14.7. The predicted octanol–water partition coefficient (Wildman–Crippen LogP) is 3.72. The molecule has 0 atom stereocenters. The molecule has 1 aliphatic heterocycles. The molecule has 0 unspecified atom stereocenters. The summed E-state index contributed by atoms with van der Waals surface area (Å²) in [4.78, 5) is 14.7. The average molecular weight is 349 g/mol. The molecule has 0 N–H and O–H groups in total. The van der Waals surface area contributed by atoms with Crippen LogP contribution < -0.4 is 10.3 Å². The van der Waals surface area contributed by atoms with E-state index in [0.29, 0.717) is 30.1 Å². The molecule has 0 aliphatic carbocycles. The molecule has 1 saturated heterocycles. The predicted molar refractivity (Wildman–Crippen MR) is 104 cm³/mol. The van der Waals surface area contributed by atoms with Crippen molar-refractivity contribution in [1.82, 2.24) is 0 Å². The number of fused-ring (bicyclic) bond motifs is 1. The molecule has 0 saturated carbocycles. The first-order valence-electron chi connectivity index (χ1n) is 9.15. The lowest BCUT2D eigenvalue weighted by molar-refractivity contribution is 0.121. The van der Waals surface area contributed by atoms with Gasteiger partial charge in [0.2, 0.25) is 0 Å². The molecule has 0 radical (unpaired) electrons. The number of anilines is 1. The van der Waals surface area contributed by atoms with Crippen LogP contribution >= 0.6 is 0 Å². The molecular formula is C22H23NO3. The maximum atomic E-state index is 12.6. The monoisotopic (exact) mass is 349 g/mol. The molecule has 3 aromatic rings. The van der Waals surface area contributed by atoms with E-state index in [4.69, 9.17) is 9.15 Å². The summed E-state index contributed by atoms with van der Waals surface area (Å²) in [6.45, 7) is 4.88. The zero-order chi connectivity index (χ0) is 17.9. The molecule has 0 spiro atoms. The largest absolute Gasteiger partial charge is 0.440 e. The molecule has 0 amide bonds. The molecule has 4 rings (SSSR count). The molecule has 134 valence electrons. The maximum Gasteiger partial charge on any atom is 0.200 e. The Hall–Kier alpha value is -2.59. The molecular weight excluding hydrogens is 326 g/mol.